The zero-order valence-electron chi connectivity index (χ0n) is 17.1. The maximum absolute atomic E-state index is 12.9. The molecule has 32 heavy (non-hydrogen) atoms. The Morgan fingerprint density at radius 3 is 2.56 bits per heavy atom. The lowest BCUT2D eigenvalue weighted by atomic mass is 10.1. The summed E-state index contributed by atoms with van der Waals surface area (Å²) in [6.45, 7) is 1.86. The number of aliphatic hydroxyl groups excluding tert-OH is 1. The van der Waals surface area contributed by atoms with Gasteiger partial charge in [0, 0.05) is 11.9 Å². The van der Waals surface area contributed by atoms with Crippen LogP contribution >= 0.6 is 0 Å². The van der Waals surface area contributed by atoms with Crippen LogP contribution in [-0.4, -0.2) is 35.3 Å². The zero-order chi connectivity index (χ0) is 22.9. The molecule has 0 unspecified atom stereocenters. The smallest absolute Gasteiger partial charge is 0.416 e. The predicted molar refractivity (Wildman–Crippen MR) is 113 cm³/mol. The quantitative estimate of drug-likeness (QED) is 0.619. The number of benzene rings is 2. The molecule has 4 rings (SSSR count). The van der Waals surface area contributed by atoms with E-state index < -0.39 is 23.7 Å². The summed E-state index contributed by atoms with van der Waals surface area (Å²) < 4.78 is 44.1. The van der Waals surface area contributed by atoms with E-state index in [0.29, 0.717) is 17.3 Å². The van der Waals surface area contributed by atoms with Gasteiger partial charge in [-0.2, -0.15) is 13.2 Å². The number of amides is 1. The third kappa shape index (κ3) is 4.24. The van der Waals surface area contributed by atoms with Crippen molar-refractivity contribution in [3.05, 3.63) is 77.5 Å². The maximum Gasteiger partial charge on any atom is 0.416 e. The number of para-hydroxylation sites is 1. The van der Waals surface area contributed by atoms with E-state index in [-0.39, 0.29) is 24.5 Å². The molecule has 0 saturated carbocycles. The van der Waals surface area contributed by atoms with Crippen molar-refractivity contribution in [3.8, 4) is 5.75 Å². The first kappa shape index (κ1) is 21.6. The molecule has 0 bridgehead atoms. The van der Waals surface area contributed by atoms with Crippen LogP contribution in [0.1, 0.15) is 21.5 Å². The summed E-state index contributed by atoms with van der Waals surface area (Å²) in [6, 6.07) is 12.5. The van der Waals surface area contributed by atoms with E-state index in [2.05, 4.69) is 10.3 Å². The van der Waals surface area contributed by atoms with Gasteiger partial charge in [0.25, 0.3) is 5.91 Å². The number of hydrogen-bond donors (Lipinski definition) is 2. The third-order valence-electron chi connectivity index (χ3n) is 5.11. The fraction of sp³-hybridized carbons (Fsp3) is 0.217. The Morgan fingerprint density at radius 1 is 1.19 bits per heavy atom. The van der Waals surface area contributed by atoms with E-state index in [1.165, 1.54) is 12.1 Å². The molecule has 0 aliphatic carbocycles. The van der Waals surface area contributed by atoms with Gasteiger partial charge in [0.1, 0.15) is 12.4 Å². The minimum absolute atomic E-state index is 0.129. The second kappa shape index (κ2) is 8.51. The molecular formula is C23H20F3N3O3. The number of carbonyl (C=O) groups excluding carboxylic acids is 1. The molecule has 1 aromatic heterocycles. The number of ether oxygens (including phenoxy) is 1. The molecule has 0 saturated heterocycles. The van der Waals surface area contributed by atoms with E-state index in [9.17, 15) is 23.1 Å². The lowest BCUT2D eigenvalue weighted by Crippen LogP contribution is -2.43. The topological polar surface area (TPSA) is 74.7 Å². The average Bonchev–Trinajstić information content (AvgIpc) is 2.78. The largest absolute Gasteiger partial charge is 0.488 e. The molecule has 1 aliphatic heterocycles. The minimum Gasteiger partial charge on any atom is -0.488 e. The van der Waals surface area contributed by atoms with Crippen LogP contribution in [0.3, 0.4) is 0 Å². The first-order valence-corrected chi connectivity index (χ1v) is 9.85. The summed E-state index contributed by atoms with van der Waals surface area (Å²) in [5, 5.41) is 12.5. The fourth-order valence-corrected chi connectivity index (χ4v) is 3.48. The van der Waals surface area contributed by atoms with Gasteiger partial charge in [-0.05, 0) is 55.0 Å². The van der Waals surface area contributed by atoms with Crippen LogP contribution < -0.4 is 15.0 Å². The SMILES string of the molecule is Cc1ccc(N2c3cccc(C(=O)Nc4ccc(C(F)(F)F)cc4)c3OC[C@@H]2CO)nc1. The van der Waals surface area contributed by atoms with Crippen LogP contribution in [0, 0.1) is 6.92 Å². The van der Waals surface area contributed by atoms with Gasteiger partial charge in [0.05, 0.1) is 29.5 Å². The zero-order valence-corrected chi connectivity index (χ0v) is 17.1. The van der Waals surface area contributed by atoms with Crippen molar-refractivity contribution in [3.63, 3.8) is 0 Å². The highest BCUT2D eigenvalue weighted by atomic mass is 19.4. The summed E-state index contributed by atoms with van der Waals surface area (Å²) in [5.41, 5.74) is 1.18. The number of aromatic nitrogens is 1. The molecule has 2 aromatic carbocycles. The number of halogens is 3. The molecule has 0 radical (unpaired) electrons. The lowest BCUT2D eigenvalue weighted by molar-refractivity contribution is -0.137. The molecule has 1 amide bonds. The summed E-state index contributed by atoms with van der Waals surface area (Å²) in [5.74, 6) is 0.379. The second-order valence-electron chi connectivity index (χ2n) is 7.39. The molecule has 0 fully saturated rings. The van der Waals surface area contributed by atoms with Crippen LogP contribution in [0.2, 0.25) is 0 Å². The second-order valence-corrected chi connectivity index (χ2v) is 7.39. The number of rotatable bonds is 4. The first-order chi connectivity index (χ1) is 15.3. The highest BCUT2D eigenvalue weighted by Crippen LogP contribution is 2.41. The van der Waals surface area contributed by atoms with E-state index in [1.54, 1.807) is 24.4 Å². The van der Waals surface area contributed by atoms with Crippen LogP contribution in [-0.2, 0) is 6.18 Å². The first-order valence-electron chi connectivity index (χ1n) is 9.85. The minimum atomic E-state index is -4.45. The number of anilines is 3. The number of pyridine rings is 1. The van der Waals surface area contributed by atoms with Crippen molar-refractivity contribution < 1.29 is 27.8 Å². The molecule has 6 nitrogen and oxygen atoms in total. The molecule has 1 aliphatic rings. The van der Waals surface area contributed by atoms with Crippen molar-refractivity contribution in [1.29, 1.82) is 0 Å². The summed E-state index contributed by atoms with van der Waals surface area (Å²) in [6.07, 6.45) is -2.74. The summed E-state index contributed by atoms with van der Waals surface area (Å²) in [4.78, 5) is 19.2. The van der Waals surface area contributed by atoms with Gasteiger partial charge in [-0.1, -0.05) is 12.1 Å². The van der Waals surface area contributed by atoms with Crippen LogP contribution in [0.15, 0.2) is 60.8 Å². The van der Waals surface area contributed by atoms with Crippen molar-refractivity contribution in [2.75, 3.05) is 23.4 Å². The number of aliphatic hydroxyl groups is 1. The summed E-state index contributed by atoms with van der Waals surface area (Å²) >= 11 is 0. The molecule has 3 aromatic rings. The molecule has 2 heterocycles. The molecule has 166 valence electrons. The van der Waals surface area contributed by atoms with Crippen molar-refractivity contribution in [1.82, 2.24) is 4.98 Å². The molecule has 9 heteroatoms. The van der Waals surface area contributed by atoms with E-state index in [1.807, 2.05) is 24.0 Å². The van der Waals surface area contributed by atoms with Crippen molar-refractivity contribution in [2.24, 2.45) is 0 Å². The normalized spacial score (nSPS) is 15.7. The van der Waals surface area contributed by atoms with Gasteiger partial charge in [0.15, 0.2) is 5.75 Å². The Kier molecular flexibility index (Phi) is 5.75. The Morgan fingerprint density at radius 2 is 1.94 bits per heavy atom. The van der Waals surface area contributed by atoms with E-state index in [0.717, 1.165) is 17.7 Å². The molecule has 1 atom stereocenters. The number of nitrogens with zero attached hydrogens (tertiary/aromatic N) is 2. The molecule has 2 N–H and O–H groups in total. The average molecular weight is 443 g/mol. The predicted octanol–water partition coefficient (Wildman–Crippen LogP) is 4.55. The van der Waals surface area contributed by atoms with Gasteiger partial charge >= 0.3 is 6.18 Å². The van der Waals surface area contributed by atoms with Gasteiger partial charge < -0.3 is 20.1 Å². The number of carbonyl (C=O) groups is 1. The van der Waals surface area contributed by atoms with Crippen molar-refractivity contribution in [2.45, 2.75) is 19.1 Å². The van der Waals surface area contributed by atoms with Crippen molar-refractivity contribution >= 4 is 23.1 Å². The van der Waals surface area contributed by atoms with Gasteiger partial charge in [-0.15, -0.1) is 0 Å². The van der Waals surface area contributed by atoms with Crippen LogP contribution in [0.5, 0.6) is 5.75 Å². The van der Waals surface area contributed by atoms with Crippen LogP contribution in [0.25, 0.3) is 0 Å². The Balaban J connectivity index is 1.65. The highest BCUT2D eigenvalue weighted by molar-refractivity contribution is 6.07. The standard InChI is InChI=1S/C23H20F3N3O3/c1-14-5-10-20(27-11-14)29-17(12-30)13-32-21-18(3-2-4-19(21)29)22(31)28-16-8-6-15(7-9-16)23(24,25)26/h2-11,17,30H,12-13H2,1H3,(H,28,31)/t17-/m0/s1. The molecular weight excluding hydrogens is 423 g/mol. The number of alkyl halides is 3. The Hall–Kier alpha value is -3.59. The third-order valence-corrected chi connectivity index (χ3v) is 5.11. The van der Waals surface area contributed by atoms with Crippen LogP contribution in [0.4, 0.5) is 30.4 Å². The van der Waals surface area contributed by atoms with Gasteiger partial charge in [0.2, 0.25) is 0 Å². The number of aryl methyl sites for hydroxylation is 1. The number of fused-ring (bicyclic) bond motifs is 1. The van der Waals surface area contributed by atoms with Gasteiger partial charge in [-0.25, -0.2) is 4.98 Å². The fourth-order valence-electron chi connectivity index (χ4n) is 3.48. The number of hydrogen-bond acceptors (Lipinski definition) is 5. The Labute approximate surface area is 182 Å². The Bertz CT molecular complexity index is 1120. The molecule has 0 spiro atoms. The monoisotopic (exact) mass is 443 g/mol. The van der Waals surface area contributed by atoms with E-state index in [4.69, 9.17) is 4.74 Å². The highest BCUT2D eigenvalue weighted by Gasteiger charge is 2.32. The maximum atomic E-state index is 12.9. The van der Waals surface area contributed by atoms with Gasteiger partial charge in [-0.3, -0.25) is 4.79 Å². The lowest BCUT2D eigenvalue weighted by Gasteiger charge is -2.37. The summed E-state index contributed by atoms with van der Waals surface area (Å²) in [7, 11) is 0. The van der Waals surface area contributed by atoms with E-state index >= 15 is 0 Å². The number of nitrogens with one attached hydrogen (secondary N) is 1.